The van der Waals surface area contributed by atoms with E-state index in [0.717, 1.165) is 24.1 Å². The molecule has 2 rings (SSSR count). The Balaban J connectivity index is 2.62. The second-order valence-electron chi connectivity index (χ2n) is 3.59. The van der Waals surface area contributed by atoms with Gasteiger partial charge in [0.05, 0.1) is 11.2 Å². The van der Waals surface area contributed by atoms with E-state index in [1.807, 2.05) is 13.0 Å². The van der Waals surface area contributed by atoms with E-state index in [-0.39, 0.29) is 15.6 Å². The normalized spacial score (nSPS) is 15.7. The van der Waals surface area contributed by atoms with E-state index >= 15 is 0 Å². The molecule has 0 unspecified atom stereocenters. The van der Waals surface area contributed by atoms with Gasteiger partial charge in [0.2, 0.25) is 0 Å². The first-order chi connectivity index (χ1) is 7.61. The highest BCUT2D eigenvalue weighted by atomic mass is 35.5. The highest BCUT2D eigenvalue weighted by molar-refractivity contribution is 6.41. The summed E-state index contributed by atoms with van der Waals surface area (Å²) in [7, 11) is 0. The smallest absolute Gasteiger partial charge is 0.266 e. The molecular weight excluding hydrogens is 247 g/mol. The fraction of sp³-hybridized carbons (Fsp3) is 0.273. The standard InChI is InChI=1S/C11H10Cl2N2O/c1-7-4-2-3-5-9(7)15-11(16)10(13)8(12)6-14-15/h2,4,6H,3,5H2,1H3. The van der Waals surface area contributed by atoms with Crippen molar-refractivity contribution in [3.05, 3.63) is 44.3 Å². The van der Waals surface area contributed by atoms with E-state index in [2.05, 4.69) is 11.2 Å². The van der Waals surface area contributed by atoms with Crippen molar-refractivity contribution in [3.63, 3.8) is 0 Å². The summed E-state index contributed by atoms with van der Waals surface area (Å²) in [6.07, 6.45) is 7.13. The molecule has 1 aliphatic rings. The Morgan fingerprint density at radius 3 is 2.88 bits per heavy atom. The number of hydrogen-bond donors (Lipinski definition) is 0. The molecule has 1 aromatic rings. The van der Waals surface area contributed by atoms with E-state index in [4.69, 9.17) is 23.2 Å². The van der Waals surface area contributed by atoms with Crippen LogP contribution in [0.2, 0.25) is 10.0 Å². The predicted octanol–water partition coefficient (Wildman–Crippen LogP) is 3.13. The van der Waals surface area contributed by atoms with Crippen molar-refractivity contribution in [2.45, 2.75) is 19.8 Å². The molecule has 0 aliphatic heterocycles. The molecule has 0 N–H and O–H groups in total. The van der Waals surface area contributed by atoms with Gasteiger partial charge in [-0.3, -0.25) is 4.79 Å². The second kappa shape index (κ2) is 4.44. The highest BCUT2D eigenvalue weighted by Crippen LogP contribution is 2.22. The Hall–Kier alpha value is -1.06. The monoisotopic (exact) mass is 256 g/mol. The van der Waals surface area contributed by atoms with Crippen molar-refractivity contribution in [2.24, 2.45) is 0 Å². The Morgan fingerprint density at radius 1 is 1.44 bits per heavy atom. The minimum atomic E-state index is -0.362. The van der Waals surface area contributed by atoms with Crippen LogP contribution < -0.4 is 5.56 Å². The minimum absolute atomic E-state index is 0.0199. The van der Waals surface area contributed by atoms with E-state index in [1.165, 1.54) is 10.9 Å². The molecule has 0 fully saturated rings. The van der Waals surface area contributed by atoms with Gasteiger partial charge in [-0.1, -0.05) is 35.4 Å². The van der Waals surface area contributed by atoms with Crippen molar-refractivity contribution in [1.82, 2.24) is 9.78 Å². The molecule has 0 saturated carbocycles. The van der Waals surface area contributed by atoms with Gasteiger partial charge in [0.15, 0.2) is 0 Å². The van der Waals surface area contributed by atoms with Gasteiger partial charge < -0.3 is 0 Å². The largest absolute Gasteiger partial charge is 0.291 e. The topological polar surface area (TPSA) is 34.9 Å². The number of allylic oxidation sites excluding steroid dienone is 4. The SMILES string of the molecule is CC1=C(n2ncc(Cl)c(Cl)c2=O)CCC=C1. The van der Waals surface area contributed by atoms with Gasteiger partial charge in [0.1, 0.15) is 5.02 Å². The number of halogens is 2. The van der Waals surface area contributed by atoms with Gasteiger partial charge >= 0.3 is 0 Å². The molecule has 0 spiro atoms. The fourth-order valence-corrected chi connectivity index (χ4v) is 1.90. The second-order valence-corrected chi connectivity index (χ2v) is 4.38. The summed E-state index contributed by atoms with van der Waals surface area (Å²) in [5.41, 5.74) is 1.55. The Labute approximate surface area is 103 Å². The maximum absolute atomic E-state index is 11.9. The van der Waals surface area contributed by atoms with Crippen LogP contribution in [0.15, 0.2) is 28.7 Å². The molecule has 0 bridgehead atoms. The molecule has 1 aliphatic carbocycles. The summed E-state index contributed by atoms with van der Waals surface area (Å²) in [4.78, 5) is 11.9. The van der Waals surface area contributed by atoms with Crippen LogP contribution >= 0.6 is 23.2 Å². The minimum Gasteiger partial charge on any atom is -0.266 e. The molecule has 0 aromatic carbocycles. The number of rotatable bonds is 1. The van der Waals surface area contributed by atoms with E-state index < -0.39 is 0 Å². The third-order valence-electron chi connectivity index (χ3n) is 2.50. The highest BCUT2D eigenvalue weighted by Gasteiger charge is 2.13. The molecule has 0 amide bonds. The number of hydrogen-bond acceptors (Lipinski definition) is 2. The Bertz CT molecular complexity index is 543. The first-order valence-corrected chi connectivity index (χ1v) is 5.67. The average molecular weight is 257 g/mol. The zero-order valence-electron chi connectivity index (χ0n) is 8.70. The quantitative estimate of drug-likeness (QED) is 0.774. The van der Waals surface area contributed by atoms with Crippen molar-refractivity contribution in [3.8, 4) is 0 Å². The summed E-state index contributed by atoms with van der Waals surface area (Å²) in [6, 6.07) is 0. The predicted molar refractivity (Wildman–Crippen MR) is 65.8 cm³/mol. The zero-order valence-corrected chi connectivity index (χ0v) is 10.2. The third kappa shape index (κ3) is 1.93. The molecule has 1 aromatic heterocycles. The molecule has 0 radical (unpaired) electrons. The van der Waals surface area contributed by atoms with E-state index in [9.17, 15) is 4.79 Å². The number of nitrogens with zero attached hydrogens (tertiary/aromatic N) is 2. The number of aromatic nitrogens is 2. The van der Waals surface area contributed by atoms with Crippen LogP contribution in [0.25, 0.3) is 5.70 Å². The lowest BCUT2D eigenvalue weighted by Crippen LogP contribution is -2.23. The molecule has 84 valence electrons. The van der Waals surface area contributed by atoms with Crippen LogP contribution in [0.3, 0.4) is 0 Å². The lowest BCUT2D eigenvalue weighted by Gasteiger charge is -2.14. The van der Waals surface area contributed by atoms with Gasteiger partial charge in [-0.25, -0.2) is 0 Å². The first-order valence-electron chi connectivity index (χ1n) is 4.91. The van der Waals surface area contributed by atoms with Crippen LogP contribution in [0.1, 0.15) is 19.8 Å². The van der Waals surface area contributed by atoms with Crippen LogP contribution in [0, 0.1) is 0 Å². The lowest BCUT2D eigenvalue weighted by molar-refractivity contribution is 0.775. The van der Waals surface area contributed by atoms with Crippen molar-refractivity contribution >= 4 is 28.9 Å². The zero-order chi connectivity index (χ0) is 11.7. The summed E-state index contributed by atoms with van der Waals surface area (Å²) >= 11 is 11.5. The van der Waals surface area contributed by atoms with E-state index in [0.29, 0.717) is 0 Å². The molecule has 1 heterocycles. The molecule has 5 heteroatoms. The molecule has 0 atom stereocenters. The fourth-order valence-electron chi connectivity index (χ4n) is 1.65. The van der Waals surface area contributed by atoms with Crippen molar-refractivity contribution in [2.75, 3.05) is 0 Å². The lowest BCUT2D eigenvalue weighted by atomic mass is 10.1. The van der Waals surface area contributed by atoms with Crippen LogP contribution in [0.4, 0.5) is 0 Å². The summed E-state index contributed by atoms with van der Waals surface area (Å²) in [5, 5.41) is 4.22. The van der Waals surface area contributed by atoms with Crippen LogP contribution in [0.5, 0.6) is 0 Å². The maximum atomic E-state index is 11.9. The van der Waals surface area contributed by atoms with Gasteiger partial charge in [0.25, 0.3) is 5.56 Å². The van der Waals surface area contributed by atoms with E-state index in [1.54, 1.807) is 0 Å². The molecule has 16 heavy (non-hydrogen) atoms. The average Bonchev–Trinajstić information content (AvgIpc) is 2.28. The van der Waals surface area contributed by atoms with Gasteiger partial charge in [-0.15, -0.1) is 0 Å². The molecule has 3 nitrogen and oxygen atoms in total. The maximum Gasteiger partial charge on any atom is 0.291 e. The summed E-state index contributed by atoms with van der Waals surface area (Å²) in [5.74, 6) is 0. The van der Waals surface area contributed by atoms with Gasteiger partial charge in [-0.05, 0) is 25.3 Å². The van der Waals surface area contributed by atoms with Crippen molar-refractivity contribution in [1.29, 1.82) is 0 Å². The van der Waals surface area contributed by atoms with Gasteiger partial charge in [0, 0.05) is 5.70 Å². The van der Waals surface area contributed by atoms with Crippen LogP contribution in [-0.2, 0) is 0 Å². The molecule has 0 saturated heterocycles. The Kier molecular flexibility index (Phi) is 3.17. The van der Waals surface area contributed by atoms with Gasteiger partial charge in [-0.2, -0.15) is 9.78 Å². The Morgan fingerprint density at radius 2 is 2.19 bits per heavy atom. The first kappa shape index (κ1) is 11.4. The summed E-state index contributed by atoms with van der Waals surface area (Å²) in [6.45, 7) is 1.95. The van der Waals surface area contributed by atoms with Crippen LogP contribution in [-0.4, -0.2) is 9.78 Å². The summed E-state index contributed by atoms with van der Waals surface area (Å²) < 4.78 is 1.33. The van der Waals surface area contributed by atoms with Crippen molar-refractivity contribution < 1.29 is 0 Å². The molecular formula is C11H10Cl2N2O. The third-order valence-corrected chi connectivity index (χ3v) is 3.25.